The predicted molar refractivity (Wildman–Crippen MR) is 132 cm³/mol. The molecule has 0 radical (unpaired) electrons. The van der Waals surface area contributed by atoms with Gasteiger partial charge in [-0.2, -0.15) is 0 Å². The van der Waals surface area contributed by atoms with E-state index in [9.17, 15) is 13.2 Å². The number of aryl methyl sites for hydroxylation is 1. The van der Waals surface area contributed by atoms with Crippen molar-refractivity contribution in [3.8, 4) is 0 Å². The molecule has 32 heavy (non-hydrogen) atoms. The van der Waals surface area contributed by atoms with Crippen molar-refractivity contribution < 1.29 is 13.2 Å². The molecule has 0 aromatic heterocycles. The number of sulfonamides is 1. The van der Waals surface area contributed by atoms with Gasteiger partial charge in [0.1, 0.15) is 6.54 Å². The van der Waals surface area contributed by atoms with Crippen LogP contribution < -0.4 is 9.62 Å². The van der Waals surface area contributed by atoms with Crippen molar-refractivity contribution in [2.24, 2.45) is 0 Å². The third-order valence-electron chi connectivity index (χ3n) is 5.68. The normalized spacial score (nSPS) is 14.8. The number of likely N-dealkylation sites (tertiary alicyclic amines) is 1. The lowest BCUT2D eigenvalue weighted by atomic mass is 10.1. The number of amides is 1. The average Bonchev–Trinajstić information content (AvgIpc) is 2.81. The Kier molecular flexibility index (Phi) is 9.02. The Bertz CT molecular complexity index is 971. The molecule has 6 nitrogen and oxygen atoms in total. The number of carbonyl (C=O) groups excluding carboxylic acids is 1. The fourth-order valence-corrected chi connectivity index (χ4v) is 5.63. The zero-order chi connectivity index (χ0) is 23.0. The Labute approximate surface area is 196 Å². The molecule has 1 saturated heterocycles. The highest BCUT2D eigenvalue weighted by Gasteiger charge is 2.27. The number of benzene rings is 2. The summed E-state index contributed by atoms with van der Waals surface area (Å²) >= 11 is 1.55. The minimum Gasteiger partial charge on any atom is -0.354 e. The average molecular weight is 476 g/mol. The summed E-state index contributed by atoms with van der Waals surface area (Å²) < 4.78 is 28.0. The molecule has 1 amide bonds. The summed E-state index contributed by atoms with van der Waals surface area (Å²) in [5, 5.41) is 2.90. The van der Waals surface area contributed by atoms with E-state index < -0.39 is 10.0 Å². The fraction of sp³-hybridized carbons (Fsp3) is 0.458. The molecule has 0 spiro atoms. The zero-order valence-corrected chi connectivity index (χ0v) is 20.6. The predicted octanol–water partition coefficient (Wildman–Crippen LogP) is 3.90. The van der Waals surface area contributed by atoms with Gasteiger partial charge < -0.3 is 10.2 Å². The van der Waals surface area contributed by atoms with Gasteiger partial charge in [0.2, 0.25) is 5.91 Å². The summed E-state index contributed by atoms with van der Waals surface area (Å²) in [6, 6.07) is 13.9. The van der Waals surface area contributed by atoms with Crippen molar-refractivity contribution in [2.75, 3.05) is 43.3 Å². The SMILES string of the molecule is CSc1ccc(S(=O)(=O)N(CC(=O)NCCCN2CCCCC2)c2ccc(C)cc2)cc1. The van der Waals surface area contributed by atoms with Crippen LogP contribution in [0.3, 0.4) is 0 Å². The molecule has 0 atom stereocenters. The van der Waals surface area contributed by atoms with E-state index in [1.807, 2.05) is 25.3 Å². The molecule has 2 aromatic carbocycles. The number of thioether (sulfide) groups is 1. The lowest BCUT2D eigenvalue weighted by Gasteiger charge is -2.26. The van der Waals surface area contributed by atoms with E-state index in [4.69, 9.17) is 0 Å². The first-order valence-electron chi connectivity index (χ1n) is 11.1. The van der Waals surface area contributed by atoms with Crippen LogP contribution in [0.2, 0.25) is 0 Å². The van der Waals surface area contributed by atoms with Gasteiger partial charge in [-0.25, -0.2) is 8.42 Å². The van der Waals surface area contributed by atoms with E-state index in [-0.39, 0.29) is 17.3 Å². The van der Waals surface area contributed by atoms with Crippen molar-refractivity contribution in [3.63, 3.8) is 0 Å². The molecular weight excluding hydrogens is 442 g/mol. The van der Waals surface area contributed by atoms with Gasteiger partial charge in [-0.15, -0.1) is 11.8 Å². The summed E-state index contributed by atoms with van der Waals surface area (Å²) in [5.41, 5.74) is 1.51. The maximum absolute atomic E-state index is 13.4. The molecule has 1 fully saturated rings. The number of hydrogen-bond acceptors (Lipinski definition) is 5. The quantitative estimate of drug-likeness (QED) is 0.417. The molecule has 3 rings (SSSR count). The van der Waals surface area contributed by atoms with Crippen LogP contribution in [-0.4, -0.2) is 58.2 Å². The molecule has 1 N–H and O–H groups in total. The first-order valence-corrected chi connectivity index (χ1v) is 13.8. The standard InChI is InChI=1S/C24H33N3O3S2/c1-20-7-9-21(10-8-20)27(32(29,30)23-13-11-22(31-2)12-14-23)19-24(28)25-15-6-18-26-16-4-3-5-17-26/h7-14H,3-6,15-19H2,1-2H3,(H,25,28). The molecule has 0 bridgehead atoms. The molecule has 1 aliphatic heterocycles. The van der Waals surface area contributed by atoms with Gasteiger partial charge >= 0.3 is 0 Å². The smallest absolute Gasteiger partial charge is 0.264 e. The van der Waals surface area contributed by atoms with E-state index in [1.165, 1.54) is 23.6 Å². The van der Waals surface area contributed by atoms with Crippen molar-refractivity contribution >= 4 is 33.4 Å². The monoisotopic (exact) mass is 475 g/mol. The Morgan fingerprint density at radius 2 is 1.69 bits per heavy atom. The van der Waals surface area contributed by atoms with Crippen LogP contribution in [-0.2, 0) is 14.8 Å². The second-order valence-electron chi connectivity index (χ2n) is 8.13. The van der Waals surface area contributed by atoms with Crippen LogP contribution in [0.5, 0.6) is 0 Å². The van der Waals surface area contributed by atoms with Gasteiger partial charge in [-0.3, -0.25) is 9.10 Å². The Morgan fingerprint density at radius 1 is 1.03 bits per heavy atom. The zero-order valence-electron chi connectivity index (χ0n) is 18.9. The van der Waals surface area contributed by atoms with Crippen molar-refractivity contribution in [2.45, 2.75) is 42.4 Å². The molecule has 1 aliphatic rings. The molecule has 1 heterocycles. The summed E-state index contributed by atoms with van der Waals surface area (Å²) in [7, 11) is -3.88. The summed E-state index contributed by atoms with van der Waals surface area (Å²) in [5.74, 6) is -0.298. The minimum absolute atomic E-state index is 0.175. The minimum atomic E-state index is -3.88. The van der Waals surface area contributed by atoms with Crippen molar-refractivity contribution in [3.05, 3.63) is 54.1 Å². The van der Waals surface area contributed by atoms with E-state index in [2.05, 4.69) is 10.2 Å². The van der Waals surface area contributed by atoms with Gasteiger partial charge in [0.05, 0.1) is 10.6 Å². The summed E-state index contributed by atoms with van der Waals surface area (Å²) in [6.07, 6.45) is 6.59. The maximum atomic E-state index is 13.4. The molecule has 0 unspecified atom stereocenters. The molecule has 0 saturated carbocycles. The maximum Gasteiger partial charge on any atom is 0.264 e. The Hall–Kier alpha value is -2.03. The van der Waals surface area contributed by atoms with Gasteiger partial charge in [-0.05, 0) is 88.5 Å². The van der Waals surface area contributed by atoms with Gasteiger partial charge in [0.25, 0.3) is 10.0 Å². The van der Waals surface area contributed by atoms with E-state index in [0.29, 0.717) is 12.2 Å². The summed E-state index contributed by atoms with van der Waals surface area (Å²) in [6.45, 7) is 5.45. The van der Waals surface area contributed by atoms with E-state index in [1.54, 1.807) is 48.2 Å². The van der Waals surface area contributed by atoms with E-state index in [0.717, 1.165) is 36.5 Å². The Morgan fingerprint density at radius 3 is 2.31 bits per heavy atom. The Balaban J connectivity index is 1.68. The highest BCUT2D eigenvalue weighted by atomic mass is 32.2. The third kappa shape index (κ3) is 6.73. The van der Waals surface area contributed by atoms with Gasteiger partial charge in [-0.1, -0.05) is 24.1 Å². The number of nitrogens with one attached hydrogen (secondary N) is 1. The highest BCUT2D eigenvalue weighted by Crippen LogP contribution is 2.25. The van der Waals surface area contributed by atoms with Gasteiger partial charge in [0.15, 0.2) is 0 Å². The lowest BCUT2D eigenvalue weighted by molar-refractivity contribution is -0.119. The molecule has 2 aromatic rings. The number of anilines is 1. The number of carbonyl (C=O) groups is 1. The first kappa shape index (κ1) is 24.6. The highest BCUT2D eigenvalue weighted by molar-refractivity contribution is 7.98. The van der Waals surface area contributed by atoms with Crippen molar-refractivity contribution in [1.29, 1.82) is 0 Å². The first-order chi connectivity index (χ1) is 15.4. The lowest BCUT2D eigenvalue weighted by Crippen LogP contribution is -2.41. The topological polar surface area (TPSA) is 69.7 Å². The molecule has 8 heteroatoms. The number of hydrogen-bond donors (Lipinski definition) is 1. The number of rotatable bonds is 10. The van der Waals surface area contributed by atoms with Crippen LogP contribution >= 0.6 is 11.8 Å². The molecular formula is C24H33N3O3S2. The van der Waals surface area contributed by atoms with Crippen LogP contribution in [0, 0.1) is 6.92 Å². The van der Waals surface area contributed by atoms with Crippen LogP contribution in [0.1, 0.15) is 31.2 Å². The van der Waals surface area contributed by atoms with E-state index >= 15 is 0 Å². The number of nitrogens with zero attached hydrogens (tertiary/aromatic N) is 2. The molecule has 174 valence electrons. The van der Waals surface area contributed by atoms with Crippen molar-refractivity contribution in [1.82, 2.24) is 10.2 Å². The second-order valence-corrected chi connectivity index (χ2v) is 10.9. The fourth-order valence-electron chi connectivity index (χ4n) is 3.80. The number of piperidine rings is 1. The summed E-state index contributed by atoms with van der Waals surface area (Å²) in [4.78, 5) is 16.3. The molecule has 0 aliphatic carbocycles. The van der Waals surface area contributed by atoms with Crippen LogP contribution in [0.25, 0.3) is 0 Å². The third-order valence-corrected chi connectivity index (χ3v) is 8.21. The van der Waals surface area contributed by atoms with Gasteiger partial charge in [0, 0.05) is 11.4 Å². The second kappa shape index (κ2) is 11.7. The largest absolute Gasteiger partial charge is 0.354 e. The van der Waals surface area contributed by atoms with Crippen LogP contribution in [0.4, 0.5) is 5.69 Å². The van der Waals surface area contributed by atoms with Crippen LogP contribution in [0.15, 0.2) is 58.3 Å².